The molecule has 0 radical (unpaired) electrons. The van der Waals surface area contributed by atoms with Gasteiger partial charge in [-0.15, -0.1) is 0 Å². The smallest absolute Gasteiger partial charge is 0.353 e. The van der Waals surface area contributed by atoms with Crippen molar-refractivity contribution in [1.82, 2.24) is 0 Å². The van der Waals surface area contributed by atoms with Gasteiger partial charge in [0.2, 0.25) is 0 Å². The molecule has 110 valence electrons. The third-order valence-corrected chi connectivity index (χ3v) is 2.93. The van der Waals surface area contributed by atoms with Crippen LogP contribution in [-0.4, -0.2) is 13.1 Å². The highest BCUT2D eigenvalue weighted by atomic mass is 19.1. The molecule has 21 heavy (non-hydrogen) atoms. The van der Waals surface area contributed by atoms with Gasteiger partial charge in [0.25, 0.3) is 0 Å². The van der Waals surface area contributed by atoms with Crippen LogP contribution in [0.2, 0.25) is 0 Å². The number of rotatable bonds is 4. The lowest BCUT2D eigenvalue weighted by Crippen LogP contribution is -2.12. The Morgan fingerprint density at radius 3 is 2.86 bits per heavy atom. The Hall–Kier alpha value is -2.56. The van der Waals surface area contributed by atoms with Crippen LogP contribution < -0.4 is 10.5 Å². The zero-order chi connectivity index (χ0) is 15.2. The van der Waals surface area contributed by atoms with Crippen LogP contribution in [0.5, 0.6) is 5.75 Å². The number of nitrogens with two attached hydrogens (primary N) is 1. The molecule has 1 aromatic rings. The van der Waals surface area contributed by atoms with Crippen LogP contribution in [0.3, 0.4) is 0 Å². The SMILES string of the molecule is COC(=O)/C(N)=C/c1ccc(OC2=CC=CCC2)cc1F. The van der Waals surface area contributed by atoms with Crippen molar-refractivity contribution < 1.29 is 18.7 Å². The van der Waals surface area contributed by atoms with Gasteiger partial charge in [0.15, 0.2) is 0 Å². The summed E-state index contributed by atoms with van der Waals surface area (Å²) in [5.74, 6) is -0.0303. The van der Waals surface area contributed by atoms with E-state index in [1.54, 1.807) is 6.07 Å². The third kappa shape index (κ3) is 3.95. The molecule has 2 N–H and O–H groups in total. The predicted molar refractivity (Wildman–Crippen MR) is 77.7 cm³/mol. The highest BCUT2D eigenvalue weighted by molar-refractivity contribution is 5.92. The quantitative estimate of drug-likeness (QED) is 0.684. The second kappa shape index (κ2) is 6.74. The number of hydrogen-bond acceptors (Lipinski definition) is 4. The van der Waals surface area contributed by atoms with Crippen LogP contribution in [0.4, 0.5) is 4.39 Å². The molecule has 0 atom stereocenters. The molecule has 2 rings (SSSR count). The monoisotopic (exact) mass is 289 g/mol. The summed E-state index contributed by atoms with van der Waals surface area (Å²) in [7, 11) is 1.21. The molecule has 0 bridgehead atoms. The fourth-order valence-electron chi connectivity index (χ4n) is 1.85. The van der Waals surface area contributed by atoms with E-state index in [1.165, 1.54) is 25.3 Å². The molecule has 1 aliphatic rings. The van der Waals surface area contributed by atoms with Crippen LogP contribution >= 0.6 is 0 Å². The van der Waals surface area contributed by atoms with Gasteiger partial charge in [-0.1, -0.05) is 12.2 Å². The van der Waals surface area contributed by atoms with Crippen molar-refractivity contribution in [2.45, 2.75) is 12.8 Å². The van der Waals surface area contributed by atoms with Crippen molar-refractivity contribution in [3.05, 3.63) is 59.3 Å². The van der Waals surface area contributed by atoms with E-state index in [0.717, 1.165) is 18.6 Å². The van der Waals surface area contributed by atoms with E-state index in [9.17, 15) is 9.18 Å². The molecular weight excluding hydrogens is 273 g/mol. The van der Waals surface area contributed by atoms with Gasteiger partial charge < -0.3 is 15.2 Å². The second-order valence-corrected chi connectivity index (χ2v) is 4.48. The lowest BCUT2D eigenvalue weighted by Gasteiger charge is -2.11. The van der Waals surface area contributed by atoms with Gasteiger partial charge in [0.1, 0.15) is 23.0 Å². The highest BCUT2D eigenvalue weighted by Crippen LogP contribution is 2.23. The summed E-state index contributed by atoms with van der Waals surface area (Å²) in [4.78, 5) is 11.2. The Bertz CT molecular complexity index is 632. The minimum absolute atomic E-state index is 0.162. The maximum Gasteiger partial charge on any atom is 0.353 e. The Labute approximate surface area is 122 Å². The van der Waals surface area contributed by atoms with Crippen LogP contribution in [-0.2, 0) is 9.53 Å². The van der Waals surface area contributed by atoms with E-state index in [-0.39, 0.29) is 11.3 Å². The summed E-state index contributed by atoms with van der Waals surface area (Å²) in [6, 6.07) is 4.38. The lowest BCUT2D eigenvalue weighted by molar-refractivity contribution is -0.136. The average Bonchev–Trinajstić information content (AvgIpc) is 2.50. The van der Waals surface area contributed by atoms with Crippen LogP contribution in [0.15, 0.2) is 47.9 Å². The predicted octanol–water partition coefficient (Wildman–Crippen LogP) is 2.91. The first-order chi connectivity index (χ1) is 10.1. The fraction of sp³-hybridized carbons (Fsp3) is 0.188. The summed E-state index contributed by atoms with van der Waals surface area (Å²) in [6.45, 7) is 0. The van der Waals surface area contributed by atoms with Crippen molar-refractivity contribution in [3.8, 4) is 5.75 Å². The van der Waals surface area contributed by atoms with Gasteiger partial charge in [0, 0.05) is 18.1 Å². The Kier molecular flexibility index (Phi) is 4.77. The Morgan fingerprint density at radius 1 is 1.43 bits per heavy atom. The second-order valence-electron chi connectivity index (χ2n) is 4.48. The molecule has 0 amide bonds. The van der Waals surface area contributed by atoms with Crippen LogP contribution in [0.1, 0.15) is 18.4 Å². The standard InChI is InChI=1S/C16H16FNO3/c1-20-16(19)15(18)9-11-7-8-13(10-14(11)17)21-12-5-3-2-4-6-12/h2-3,5,7-10H,4,6,18H2,1H3/b15-9-. The molecule has 0 spiro atoms. The lowest BCUT2D eigenvalue weighted by atomic mass is 10.1. The first-order valence-corrected chi connectivity index (χ1v) is 6.48. The molecule has 0 saturated heterocycles. The number of halogens is 1. The number of carbonyl (C=O) groups excluding carboxylic acids is 1. The van der Waals surface area contributed by atoms with Crippen molar-refractivity contribution in [3.63, 3.8) is 0 Å². The van der Waals surface area contributed by atoms with Gasteiger partial charge in [-0.2, -0.15) is 0 Å². The fourth-order valence-corrected chi connectivity index (χ4v) is 1.85. The van der Waals surface area contributed by atoms with E-state index in [4.69, 9.17) is 10.5 Å². The molecule has 0 aliphatic heterocycles. The van der Waals surface area contributed by atoms with Crippen molar-refractivity contribution in [2.75, 3.05) is 7.11 Å². The third-order valence-electron chi connectivity index (χ3n) is 2.93. The molecule has 0 unspecified atom stereocenters. The maximum absolute atomic E-state index is 14.0. The van der Waals surface area contributed by atoms with Crippen molar-refractivity contribution in [2.24, 2.45) is 5.73 Å². The molecule has 0 saturated carbocycles. The molecule has 1 aromatic carbocycles. The first-order valence-electron chi connectivity index (χ1n) is 6.48. The van der Waals surface area contributed by atoms with Crippen molar-refractivity contribution >= 4 is 12.0 Å². The molecule has 5 heteroatoms. The van der Waals surface area contributed by atoms with E-state index in [2.05, 4.69) is 4.74 Å². The largest absolute Gasteiger partial charge is 0.464 e. The van der Waals surface area contributed by atoms with E-state index >= 15 is 0 Å². The number of allylic oxidation sites excluding steroid dienone is 4. The van der Waals surface area contributed by atoms with Gasteiger partial charge in [-0.05, 0) is 30.7 Å². The minimum Gasteiger partial charge on any atom is -0.464 e. The molecule has 0 heterocycles. The maximum atomic E-state index is 14.0. The van der Waals surface area contributed by atoms with Crippen LogP contribution in [0.25, 0.3) is 6.08 Å². The minimum atomic E-state index is -0.700. The number of hydrogen-bond donors (Lipinski definition) is 1. The number of carbonyl (C=O) groups is 1. The summed E-state index contributed by atoms with van der Waals surface area (Å²) in [6.07, 6.45) is 8.72. The number of esters is 1. The summed E-state index contributed by atoms with van der Waals surface area (Å²) in [5.41, 5.74) is 5.52. The number of benzene rings is 1. The van der Waals surface area contributed by atoms with E-state index in [1.807, 2.05) is 18.2 Å². The van der Waals surface area contributed by atoms with E-state index < -0.39 is 11.8 Å². The summed E-state index contributed by atoms with van der Waals surface area (Å²) in [5, 5.41) is 0. The zero-order valence-electron chi connectivity index (χ0n) is 11.6. The molecule has 1 aliphatic carbocycles. The first kappa shape index (κ1) is 14.8. The van der Waals surface area contributed by atoms with Gasteiger partial charge in [-0.3, -0.25) is 0 Å². The average molecular weight is 289 g/mol. The normalized spacial score (nSPS) is 14.6. The molecule has 0 aromatic heterocycles. The summed E-state index contributed by atoms with van der Waals surface area (Å²) >= 11 is 0. The zero-order valence-corrected chi connectivity index (χ0v) is 11.6. The topological polar surface area (TPSA) is 61.5 Å². The Balaban J connectivity index is 2.15. The van der Waals surface area contributed by atoms with Gasteiger partial charge in [-0.25, -0.2) is 9.18 Å². The van der Waals surface area contributed by atoms with Gasteiger partial charge >= 0.3 is 5.97 Å². The Morgan fingerprint density at radius 2 is 2.24 bits per heavy atom. The molecule has 4 nitrogen and oxygen atoms in total. The number of ether oxygens (including phenoxy) is 2. The summed E-state index contributed by atoms with van der Waals surface area (Å²) < 4.78 is 24.0. The van der Waals surface area contributed by atoms with Gasteiger partial charge in [0.05, 0.1) is 7.11 Å². The van der Waals surface area contributed by atoms with Crippen LogP contribution in [0, 0.1) is 5.82 Å². The van der Waals surface area contributed by atoms with Crippen molar-refractivity contribution in [1.29, 1.82) is 0 Å². The molecule has 0 fully saturated rings. The van der Waals surface area contributed by atoms with E-state index in [0.29, 0.717) is 5.75 Å². The number of methoxy groups -OCH3 is 1. The molecular formula is C16H16FNO3. The highest BCUT2D eigenvalue weighted by Gasteiger charge is 2.09.